The van der Waals surface area contributed by atoms with Crippen molar-refractivity contribution >= 4 is 33.3 Å². The number of hydrogen-bond acceptors (Lipinski definition) is 6. The van der Waals surface area contributed by atoms with Crippen molar-refractivity contribution < 1.29 is 41.0 Å². The number of sulfonamides is 1. The molecule has 0 saturated heterocycles. The van der Waals surface area contributed by atoms with E-state index in [1.54, 1.807) is 6.92 Å². The average Bonchev–Trinajstić information content (AvgIpc) is 2.85. The summed E-state index contributed by atoms with van der Waals surface area (Å²) in [5.74, 6) is -0.588. The molecule has 39 heavy (non-hydrogen) atoms. The molecule has 1 aliphatic heterocycles. The number of nitrogens with one attached hydrogen (secondary N) is 2. The van der Waals surface area contributed by atoms with Crippen LogP contribution in [0.4, 0.5) is 29.3 Å². The maximum atomic E-state index is 13.5. The molecule has 214 valence electrons. The van der Waals surface area contributed by atoms with Crippen LogP contribution in [0.5, 0.6) is 5.75 Å². The molecule has 0 aromatic heterocycles. The first-order valence-corrected chi connectivity index (χ1v) is 13.8. The number of nitrogens with zero attached hydrogens (tertiary/aromatic N) is 2. The van der Waals surface area contributed by atoms with Crippen LogP contribution in [0.1, 0.15) is 29.8 Å². The molecule has 0 unspecified atom stereocenters. The van der Waals surface area contributed by atoms with Crippen molar-refractivity contribution in [2.45, 2.75) is 32.2 Å². The number of aliphatic hydroxyl groups excluding tert-OH is 1. The summed E-state index contributed by atoms with van der Waals surface area (Å²) in [5, 5.41) is 14.7. The molecule has 3 atom stereocenters. The fourth-order valence-corrected chi connectivity index (χ4v) is 4.36. The number of alkyl halides is 3. The van der Waals surface area contributed by atoms with Gasteiger partial charge in [0.25, 0.3) is 5.91 Å². The van der Waals surface area contributed by atoms with E-state index in [1.807, 2.05) is 6.92 Å². The Balaban J connectivity index is 1.86. The van der Waals surface area contributed by atoms with Crippen molar-refractivity contribution in [1.82, 2.24) is 9.21 Å². The first-order chi connectivity index (χ1) is 18.1. The van der Waals surface area contributed by atoms with E-state index >= 15 is 0 Å². The summed E-state index contributed by atoms with van der Waals surface area (Å²) < 4.78 is 69.6. The number of ether oxygens (including phenoxy) is 1. The number of fused-ring (bicyclic) bond motifs is 1. The summed E-state index contributed by atoms with van der Waals surface area (Å²) in [4.78, 5) is 27.4. The van der Waals surface area contributed by atoms with E-state index < -0.39 is 45.8 Å². The highest BCUT2D eigenvalue weighted by Gasteiger charge is 2.34. The molecule has 14 heteroatoms. The molecule has 0 bridgehead atoms. The second-order valence-electron chi connectivity index (χ2n) is 9.53. The van der Waals surface area contributed by atoms with E-state index in [0.29, 0.717) is 0 Å². The van der Waals surface area contributed by atoms with E-state index in [9.17, 15) is 36.3 Å². The van der Waals surface area contributed by atoms with Gasteiger partial charge in [-0.05, 0) is 49.4 Å². The topological polar surface area (TPSA) is 128 Å². The number of rotatable bonds is 7. The van der Waals surface area contributed by atoms with E-state index in [-0.39, 0.29) is 48.3 Å². The molecule has 2 aromatic rings. The highest BCUT2D eigenvalue weighted by Crippen LogP contribution is 2.32. The van der Waals surface area contributed by atoms with Crippen LogP contribution in [0.25, 0.3) is 0 Å². The largest absolute Gasteiger partial charge is 0.488 e. The molecule has 3 N–H and O–H groups in total. The third-order valence-corrected chi connectivity index (χ3v) is 7.68. The van der Waals surface area contributed by atoms with Crippen LogP contribution in [-0.4, -0.2) is 79.8 Å². The predicted molar refractivity (Wildman–Crippen MR) is 139 cm³/mol. The Morgan fingerprint density at radius 3 is 2.33 bits per heavy atom. The molecule has 0 saturated carbocycles. The number of urea groups is 1. The van der Waals surface area contributed by atoms with Crippen LogP contribution in [0.3, 0.4) is 0 Å². The van der Waals surface area contributed by atoms with Gasteiger partial charge in [-0.15, -0.1) is 0 Å². The van der Waals surface area contributed by atoms with Gasteiger partial charge in [0, 0.05) is 30.9 Å². The normalized spacial score (nSPS) is 19.0. The second kappa shape index (κ2) is 11.8. The maximum Gasteiger partial charge on any atom is 0.416 e. The van der Waals surface area contributed by atoms with Crippen LogP contribution in [0, 0.1) is 5.92 Å². The number of benzene rings is 2. The van der Waals surface area contributed by atoms with Gasteiger partial charge in [0.05, 0.1) is 36.6 Å². The molecule has 1 aliphatic rings. The van der Waals surface area contributed by atoms with E-state index in [4.69, 9.17) is 4.74 Å². The molecule has 1 heterocycles. The Kier molecular flexibility index (Phi) is 9.13. The number of aliphatic hydroxyl groups is 1. The molecular weight excluding hydrogens is 541 g/mol. The van der Waals surface area contributed by atoms with Gasteiger partial charge in [0.1, 0.15) is 11.9 Å². The molecule has 0 aliphatic carbocycles. The minimum atomic E-state index is -4.51. The van der Waals surface area contributed by atoms with Gasteiger partial charge >= 0.3 is 12.2 Å². The lowest BCUT2D eigenvalue weighted by Crippen LogP contribution is -2.50. The number of likely N-dealkylation sites (N-methyl/N-ethyl adjacent to an activating group) is 1. The number of amides is 3. The lowest BCUT2D eigenvalue weighted by atomic mass is 9.99. The molecule has 0 spiro atoms. The minimum absolute atomic E-state index is 0.0184. The summed E-state index contributed by atoms with van der Waals surface area (Å²) in [5.41, 5.74) is -0.446. The summed E-state index contributed by atoms with van der Waals surface area (Å²) in [6, 6.07) is 6.92. The summed E-state index contributed by atoms with van der Waals surface area (Å²) in [7, 11) is -2.08. The summed E-state index contributed by atoms with van der Waals surface area (Å²) in [6.45, 7) is 3.37. The quantitative estimate of drug-likeness (QED) is 0.466. The van der Waals surface area contributed by atoms with E-state index in [1.165, 1.54) is 30.1 Å². The van der Waals surface area contributed by atoms with Crippen molar-refractivity contribution in [2.75, 3.05) is 43.6 Å². The van der Waals surface area contributed by atoms with Crippen molar-refractivity contribution in [3.63, 3.8) is 0 Å². The van der Waals surface area contributed by atoms with Gasteiger partial charge in [-0.1, -0.05) is 6.92 Å². The zero-order chi connectivity index (χ0) is 29.1. The van der Waals surface area contributed by atoms with Gasteiger partial charge in [-0.25, -0.2) is 17.5 Å². The molecule has 2 aromatic carbocycles. The lowest BCUT2D eigenvalue weighted by molar-refractivity contribution is -0.137. The lowest BCUT2D eigenvalue weighted by Gasteiger charge is -2.38. The second-order valence-corrected chi connectivity index (χ2v) is 11.6. The molecule has 3 amide bonds. The molecular formula is C25H31F3N4O6S. The van der Waals surface area contributed by atoms with Crippen LogP contribution >= 0.6 is 0 Å². The van der Waals surface area contributed by atoms with Crippen LogP contribution in [0.15, 0.2) is 42.5 Å². The van der Waals surface area contributed by atoms with Crippen molar-refractivity contribution in [3.05, 3.63) is 53.6 Å². The number of carbonyl (C=O) groups is 2. The monoisotopic (exact) mass is 572 g/mol. The number of carbonyl (C=O) groups excluding carboxylic acids is 2. The number of hydrogen-bond donors (Lipinski definition) is 3. The Hall–Kier alpha value is -3.36. The first-order valence-electron chi connectivity index (χ1n) is 12.0. The Labute approximate surface area is 224 Å². The highest BCUT2D eigenvalue weighted by molar-refractivity contribution is 7.88. The molecule has 0 radical (unpaired) electrons. The van der Waals surface area contributed by atoms with Gasteiger partial charge in [0.2, 0.25) is 10.0 Å². The zero-order valence-corrected chi connectivity index (χ0v) is 22.6. The predicted octanol–water partition coefficient (Wildman–Crippen LogP) is 3.46. The maximum absolute atomic E-state index is 13.5. The Morgan fingerprint density at radius 1 is 1.18 bits per heavy atom. The SMILES string of the molecule is C[C@H](CO)N1C[C@H](C)[C@H](CN(C)S(C)(=O)=O)Oc2ccc(NC(=O)Nc3ccc(C(F)(F)F)cc3)cc2C1=O. The standard InChI is InChI=1S/C25H31F3N4O6S/c1-15-12-32(16(2)14-33)23(34)20-11-19(9-10-21(20)38-22(15)13-31(3)39(4,36)37)30-24(35)29-18-7-5-17(6-8-18)25(26,27)28/h5-11,15-16,22,33H,12-14H2,1-4H3,(H2,29,30,35)/t15-,16+,22-/m0/s1. The Morgan fingerprint density at radius 2 is 1.77 bits per heavy atom. The smallest absolute Gasteiger partial charge is 0.416 e. The fraction of sp³-hybridized carbons (Fsp3) is 0.440. The number of anilines is 2. The summed E-state index contributed by atoms with van der Waals surface area (Å²) >= 11 is 0. The van der Waals surface area contributed by atoms with Gasteiger partial charge in [-0.2, -0.15) is 13.2 Å². The average molecular weight is 573 g/mol. The van der Waals surface area contributed by atoms with Crippen LogP contribution in [0.2, 0.25) is 0 Å². The van der Waals surface area contributed by atoms with Crippen molar-refractivity contribution in [2.24, 2.45) is 5.92 Å². The fourth-order valence-electron chi connectivity index (χ4n) is 3.94. The molecule has 3 rings (SSSR count). The van der Waals surface area contributed by atoms with Crippen LogP contribution in [-0.2, 0) is 16.2 Å². The highest BCUT2D eigenvalue weighted by atomic mass is 32.2. The first kappa shape index (κ1) is 30.2. The molecule has 10 nitrogen and oxygen atoms in total. The van der Waals surface area contributed by atoms with Crippen molar-refractivity contribution in [3.8, 4) is 5.75 Å². The van der Waals surface area contributed by atoms with Crippen molar-refractivity contribution in [1.29, 1.82) is 0 Å². The van der Waals surface area contributed by atoms with E-state index in [2.05, 4.69) is 10.6 Å². The molecule has 0 fully saturated rings. The third-order valence-electron chi connectivity index (χ3n) is 6.40. The Bertz CT molecular complexity index is 1300. The van der Waals surface area contributed by atoms with Gasteiger partial charge in [-0.3, -0.25) is 4.79 Å². The number of halogens is 3. The van der Waals surface area contributed by atoms with Gasteiger partial charge < -0.3 is 25.4 Å². The minimum Gasteiger partial charge on any atom is -0.488 e. The van der Waals surface area contributed by atoms with E-state index in [0.717, 1.165) is 34.8 Å². The van der Waals surface area contributed by atoms with Crippen LogP contribution < -0.4 is 15.4 Å². The zero-order valence-electron chi connectivity index (χ0n) is 21.8. The third kappa shape index (κ3) is 7.61. The summed E-state index contributed by atoms with van der Waals surface area (Å²) in [6.07, 6.45) is -4.06. The van der Waals surface area contributed by atoms with Gasteiger partial charge in [0.15, 0.2) is 0 Å².